The van der Waals surface area contributed by atoms with Gasteiger partial charge >= 0.3 is 11.9 Å². The van der Waals surface area contributed by atoms with E-state index in [0.717, 1.165) is 7.11 Å². The summed E-state index contributed by atoms with van der Waals surface area (Å²) in [6, 6.07) is -2.61. The topological polar surface area (TPSA) is 263 Å². The fourth-order valence-electron chi connectivity index (χ4n) is 5.26. The number of esters is 1. The number of allylic oxidation sites excluding steroid dienone is 1. The maximum absolute atomic E-state index is 13.6. The minimum atomic E-state index is -2.07. The van der Waals surface area contributed by atoms with Crippen LogP contribution in [0.2, 0.25) is 0 Å². The molecule has 0 aromatic carbocycles. The van der Waals surface area contributed by atoms with Gasteiger partial charge in [-0.1, -0.05) is 39.8 Å². The van der Waals surface area contributed by atoms with Crippen molar-refractivity contribution >= 4 is 17.8 Å². The Morgan fingerprint density at radius 1 is 1.11 bits per heavy atom. The van der Waals surface area contributed by atoms with E-state index in [9.17, 15) is 39.9 Å². The number of carbonyl (C=O) groups is 3. The van der Waals surface area contributed by atoms with Crippen LogP contribution in [0.5, 0.6) is 0 Å². The minimum Gasteiger partial charge on any atom is -0.467 e. The number of ether oxygens (including phenoxy) is 4. The van der Waals surface area contributed by atoms with Crippen LogP contribution in [-0.2, 0) is 38.2 Å². The van der Waals surface area contributed by atoms with E-state index in [4.69, 9.17) is 25.8 Å². The van der Waals surface area contributed by atoms with Gasteiger partial charge in [-0.15, -0.1) is 0 Å². The van der Waals surface area contributed by atoms with Crippen molar-refractivity contribution in [3.63, 3.8) is 0 Å². The molecule has 260 valence electrons. The highest BCUT2D eigenvalue weighted by Gasteiger charge is 2.51. The molecule has 2 fully saturated rings. The molecule has 2 aliphatic rings. The Hall–Kier alpha value is -2.25. The molecule has 10 N–H and O–H groups in total. The lowest BCUT2D eigenvalue weighted by Crippen LogP contribution is -2.62. The molecule has 0 radical (unpaired) electrons. The molecule has 0 aromatic rings. The molecule has 12 atom stereocenters. The second-order valence-electron chi connectivity index (χ2n) is 12.5. The maximum atomic E-state index is 13.6. The standard InChI is InChI=1S/C29H51N3O13/c1-13(2)7-8-16(43-28-25(37)23(30)24(36)15(5)42-28)9-20-22(19(34)12-29(40,44-20)11-18(33)14(3)4)26(38)32-17(27(39)41-6)10-21(35)45-31/h7-8,13-20,22-25,28,33-34,36-37,40H,9-12,30-31H2,1-6H3,(H,32,38)/b8-7+/t15?,16-,17+,18+,19-,20-,22+,23?,24?,25?,28?,29+/m0/s1. The van der Waals surface area contributed by atoms with E-state index in [-0.39, 0.29) is 24.7 Å². The molecule has 0 saturated carbocycles. The summed E-state index contributed by atoms with van der Waals surface area (Å²) < 4.78 is 22.5. The van der Waals surface area contributed by atoms with Gasteiger partial charge in [0.15, 0.2) is 12.1 Å². The van der Waals surface area contributed by atoms with Gasteiger partial charge in [0.2, 0.25) is 5.91 Å². The Balaban J connectivity index is 2.46. The summed E-state index contributed by atoms with van der Waals surface area (Å²) in [5, 5.41) is 56.4. The molecule has 5 unspecified atom stereocenters. The molecule has 45 heavy (non-hydrogen) atoms. The van der Waals surface area contributed by atoms with Crippen LogP contribution in [0.25, 0.3) is 0 Å². The van der Waals surface area contributed by atoms with E-state index >= 15 is 0 Å². The number of aliphatic hydroxyl groups excluding tert-OH is 4. The van der Waals surface area contributed by atoms with Gasteiger partial charge in [0, 0.05) is 19.3 Å². The highest BCUT2D eigenvalue weighted by atomic mass is 16.7. The largest absolute Gasteiger partial charge is 0.467 e. The third-order valence-electron chi connectivity index (χ3n) is 8.00. The Kier molecular flexibility index (Phi) is 14.8. The SMILES string of the molecule is COC(=O)[C@@H](CC(=O)ON)NC(=O)[C@H]1[C@H](C[C@H](/C=C/C(C)C)OC2OC(C)C(O)C(N)C2O)O[C@](O)(C[C@@H](O)C(C)C)C[C@@H]1O. The van der Waals surface area contributed by atoms with Crippen molar-refractivity contribution in [3.8, 4) is 0 Å². The molecule has 0 aliphatic carbocycles. The Morgan fingerprint density at radius 3 is 2.31 bits per heavy atom. The predicted molar refractivity (Wildman–Crippen MR) is 156 cm³/mol. The predicted octanol–water partition coefficient (Wildman–Crippen LogP) is -1.91. The molecular formula is C29H51N3O13. The van der Waals surface area contributed by atoms with Gasteiger partial charge in [-0.25, -0.2) is 4.79 Å². The zero-order valence-corrected chi connectivity index (χ0v) is 26.6. The number of methoxy groups -OCH3 is 1. The van der Waals surface area contributed by atoms with Gasteiger partial charge in [-0.2, -0.15) is 5.90 Å². The van der Waals surface area contributed by atoms with E-state index in [1.54, 1.807) is 32.9 Å². The Bertz CT molecular complexity index is 1010. The number of nitrogens with two attached hydrogens (primary N) is 2. The monoisotopic (exact) mass is 649 g/mol. The van der Waals surface area contributed by atoms with Crippen molar-refractivity contribution in [1.82, 2.24) is 5.32 Å². The summed E-state index contributed by atoms with van der Waals surface area (Å²) in [5.41, 5.74) is 5.97. The summed E-state index contributed by atoms with van der Waals surface area (Å²) in [7, 11) is 1.05. The molecule has 0 spiro atoms. The highest BCUT2D eigenvalue weighted by Crippen LogP contribution is 2.38. The molecule has 1 amide bonds. The molecule has 2 aliphatic heterocycles. The number of nitrogens with one attached hydrogen (secondary N) is 1. The van der Waals surface area contributed by atoms with E-state index in [2.05, 4.69) is 14.9 Å². The molecular weight excluding hydrogens is 598 g/mol. The van der Waals surface area contributed by atoms with E-state index in [1.807, 2.05) is 13.8 Å². The summed E-state index contributed by atoms with van der Waals surface area (Å²) in [6.07, 6.45) is -7.72. The minimum absolute atomic E-state index is 0.0366. The summed E-state index contributed by atoms with van der Waals surface area (Å²) >= 11 is 0. The first-order chi connectivity index (χ1) is 20.9. The van der Waals surface area contributed by atoms with Gasteiger partial charge in [0.1, 0.15) is 12.1 Å². The molecule has 16 nitrogen and oxygen atoms in total. The molecule has 0 aromatic heterocycles. The van der Waals surface area contributed by atoms with Crippen LogP contribution < -0.4 is 16.9 Å². The van der Waals surface area contributed by atoms with Crippen molar-refractivity contribution in [3.05, 3.63) is 12.2 Å². The lowest BCUT2D eigenvalue weighted by molar-refractivity contribution is -0.307. The maximum Gasteiger partial charge on any atom is 0.328 e. The number of amides is 1. The fraction of sp³-hybridized carbons (Fsp3) is 0.828. The molecule has 16 heteroatoms. The number of hydrogen-bond donors (Lipinski definition) is 8. The lowest BCUT2D eigenvalue weighted by atomic mass is 9.81. The third kappa shape index (κ3) is 10.9. The van der Waals surface area contributed by atoms with Crippen LogP contribution in [0.4, 0.5) is 0 Å². The first-order valence-corrected chi connectivity index (χ1v) is 15.1. The summed E-state index contributed by atoms with van der Waals surface area (Å²) in [6.45, 7) is 8.83. The van der Waals surface area contributed by atoms with Crippen molar-refractivity contribution in [2.75, 3.05) is 7.11 Å². The molecule has 2 rings (SSSR count). The first-order valence-electron chi connectivity index (χ1n) is 15.1. The van der Waals surface area contributed by atoms with E-state index in [0.29, 0.717) is 0 Å². The zero-order valence-electron chi connectivity index (χ0n) is 26.6. The molecule has 2 heterocycles. The second-order valence-corrected chi connectivity index (χ2v) is 12.5. The normalized spacial score (nSPS) is 34.4. The van der Waals surface area contributed by atoms with Gasteiger partial charge < -0.3 is 60.4 Å². The van der Waals surface area contributed by atoms with Gasteiger partial charge in [0.05, 0.1) is 62.1 Å². The second kappa shape index (κ2) is 17.1. The average molecular weight is 650 g/mol. The van der Waals surface area contributed by atoms with Crippen LogP contribution in [0, 0.1) is 17.8 Å². The number of aliphatic hydroxyl groups is 5. The van der Waals surface area contributed by atoms with Crippen LogP contribution in [0.1, 0.15) is 60.3 Å². The summed E-state index contributed by atoms with van der Waals surface area (Å²) in [5.74, 6) is -1.75. The van der Waals surface area contributed by atoms with Gasteiger partial charge in [-0.3, -0.25) is 9.59 Å². The highest BCUT2D eigenvalue weighted by molar-refractivity contribution is 5.89. The van der Waals surface area contributed by atoms with Gasteiger partial charge in [-0.05, 0) is 18.8 Å². The molecule has 2 saturated heterocycles. The summed E-state index contributed by atoms with van der Waals surface area (Å²) in [4.78, 5) is 41.9. The Labute approximate surface area is 262 Å². The van der Waals surface area contributed by atoms with Crippen molar-refractivity contribution in [2.45, 2.75) is 127 Å². The van der Waals surface area contributed by atoms with Crippen molar-refractivity contribution in [2.24, 2.45) is 29.4 Å². The quantitative estimate of drug-likeness (QED) is 0.0580. The van der Waals surface area contributed by atoms with Crippen LogP contribution in [-0.4, -0.2) is 117 Å². The van der Waals surface area contributed by atoms with E-state index < -0.39 is 103 Å². The number of hydrogen-bond acceptors (Lipinski definition) is 15. The third-order valence-corrected chi connectivity index (χ3v) is 8.00. The van der Waals surface area contributed by atoms with Crippen molar-refractivity contribution < 1.29 is 63.7 Å². The van der Waals surface area contributed by atoms with Crippen LogP contribution >= 0.6 is 0 Å². The van der Waals surface area contributed by atoms with Gasteiger partial charge in [0.25, 0.3) is 0 Å². The zero-order chi connectivity index (χ0) is 34.2. The lowest BCUT2D eigenvalue weighted by Gasteiger charge is -2.46. The van der Waals surface area contributed by atoms with Crippen LogP contribution in [0.15, 0.2) is 12.2 Å². The Morgan fingerprint density at radius 2 is 1.76 bits per heavy atom. The smallest absolute Gasteiger partial charge is 0.328 e. The first kappa shape index (κ1) is 38.9. The number of rotatable bonds is 14. The fourth-order valence-corrected chi connectivity index (χ4v) is 5.26. The number of carbonyl (C=O) groups excluding carboxylic acids is 3. The molecule has 0 bridgehead atoms. The van der Waals surface area contributed by atoms with Crippen molar-refractivity contribution in [1.29, 1.82) is 0 Å². The van der Waals surface area contributed by atoms with E-state index in [1.165, 1.54) is 0 Å². The average Bonchev–Trinajstić information content (AvgIpc) is 2.95. The van der Waals surface area contributed by atoms with Crippen LogP contribution in [0.3, 0.4) is 0 Å².